The van der Waals surface area contributed by atoms with Gasteiger partial charge in [0, 0.05) is 7.11 Å². The van der Waals surface area contributed by atoms with E-state index in [4.69, 9.17) is 29.0 Å². The molecule has 4 rings (SSSR count). The molecular weight excluding hydrogens is 581 g/mol. The summed E-state index contributed by atoms with van der Waals surface area (Å²) >= 11 is 0. The molecule has 0 spiro atoms. The van der Waals surface area contributed by atoms with E-state index < -0.39 is 56.3 Å². The number of aliphatic hydroxyl groups excluding tert-OH is 1. The molecular formula is C25H33F2N6O8P. The van der Waals surface area contributed by atoms with E-state index in [0.29, 0.717) is 5.69 Å². The second kappa shape index (κ2) is 12.1. The van der Waals surface area contributed by atoms with Crippen LogP contribution in [0.3, 0.4) is 0 Å². The first-order valence-corrected chi connectivity index (χ1v) is 14.4. The first-order chi connectivity index (χ1) is 19.7. The molecule has 2 aromatic heterocycles. The molecule has 4 N–H and O–H groups in total. The van der Waals surface area contributed by atoms with Crippen LogP contribution in [0.2, 0.25) is 0 Å². The van der Waals surface area contributed by atoms with Crippen molar-refractivity contribution in [1.82, 2.24) is 24.6 Å². The number of anilines is 1. The number of esters is 1. The molecule has 1 unspecified atom stereocenters. The lowest BCUT2D eigenvalue weighted by Crippen LogP contribution is -2.47. The first-order valence-electron chi connectivity index (χ1n) is 12.9. The van der Waals surface area contributed by atoms with Crippen molar-refractivity contribution in [3.05, 3.63) is 42.4 Å². The molecule has 1 saturated heterocycles. The van der Waals surface area contributed by atoms with Gasteiger partial charge in [0.15, 0.2) is 23.6 Å². The molecule has 230 valence electrons. The number of hydrogen-bond acceptors (Lipinski definition) is 12. The number of fused-ring (bicyclic) bond motifs is 1. The SMILES string of the molecule is COCc1nc(N)nc2c1ncn2[C@@H]1O[C@](F)(CO[P@](=O)(NC(C)C(=O)OC(C)C)Oc2ccccc2)[C@@H](O)[C@@]1(C)F. The van der Waals surface area contributed by atoms with E-state index >= 15 is 8.78 Å². The van der Waals surface area contributed by atoms with Gasteiger partial charge in [0.05, 0.1) is 24.7 Å². The molecule has 3 heterocycles. The Kier molecular flexibility index (Phi) is 9.16. The van der Waals surface area contributed by atoms with Gasteiger partial charge in [-0.2, -0.15) is 10.1 Å². The molecule has 42 heavy (non-hydrogen) atoms. The number of aromatic nitrogens is 4. The number of aliphatic hydroxyl groups is 1. The summed E-state index contributed by atoms with van der Waals surface area (Å²) in [6.45, 7) is 4.24. The van der Waals surface area contributed by atoms with Crippen molar-refractivity contribution in [3.63, 3.8) is 0 Å². The van der Waals surface area contributed by atoms with E-state index in [1.54, 1.807) is 32.0 Å². The van der Waals surface area contributed by atoms with Crippen LogP contribution in [0, 0.1) is 0 Å². The predicted octanol–water partition coefficient (Wildman–Crippen LogP) is 2.97. The summed E-state index contributed by atoms with van der Waals surface area (Å²) in [6, 6.07) is 6.51. The number of methoxy groups -OCH3 is 1. The number of nitrogens with one attached hydrogen (secondary N) is 1. The zero-order chi connectivity index (χ0) is 30.9. The van der Waals surface area contributed by atoms with Crippen LogP contribution in [0.4, 0.5) is 14.7 Å². The number of nitrogens with two attached hydrogens (primary N) is 1. The third kappa shape index (κ3) is 6.53. The molecule has 1 aliphatic rings. The highest BCUT2D eigenvalue weighted by molar-refractivity contribution is 7.52. The summed E-state index contributed by atoms with van der Waals surface area (Å²) in [4.78, 5) is 24.7. The van der Waals surface area contributed by atoms with Crippen LogP contribution < -0.4 is 15.3 Å². The molecule has 3 aromatic rings. The molecule has 0 radical (unpaired) electrons. The van der Waals surface area contributed by atoms with Crippen LogP contribution >= 0.6 is 7.75 Å². The van der Waals surface area contributed by atoms with Crippen molar-refractivity contribution < 1.29 is 46.5 Å². The minimum Gasteiger partial charge on any atom is -0.462 e. The Morgan fingerprint density at radius 3 is 2.60 bits per heavy atom. The highest BCUT2D eigenvalue weighted by Gasteiger charge is 2.65. The highest BCUT2D eigenvalue weighted by Crippen LogP contribution is 2.52. The number of hydrogen-bond donors (Lipinski definition) is 3. The Morgan fingerprint density at radius 2 is 1.95 bits per heavy atom. The van der Waals surface area contributed by atoms with E-state index in [2.05, 4.69) is 20.0 Å². The smallest absolute Gasteiger partial charge is 0.459 e. The number of carbonyl (C=O) groups is 1. The van der Waals surface area contributed by atoms with E-state index in [9.17, 15) is 14.5 Å². The third-order valence-corrected chi connectivity index (χ3v) is 7.86. The summed E-state index contributed by atoms with van der Waals surface area (Å²) in [5, 5.41) is 13.2. The lowest BCUT2D eigenvalue weighted by molar-refractivity contribution is -0.202. The number of ether oxygens (including phenoxy) is 3. The molecule has 1 fully saturated rings. The second-order valence-corrected chi connectivity index (χ2v) is 11.8. The Hall–Kier alpha value is -3.27. The van der Waals surface area contributed by atoms with Crippen molar-refractivity contribution in [2.75, 3.05) is 19.5 Å². The summed E-state index contributed by atoms with van der Waals surface area (Å²) in [6.07, 6.45) is -3.61. The van der Waals surface area contributed by atoms with Gasteiger partial charge in [-0.25, -0.2) is 23.3 Å². The molecule has 0 aliphatic carbocycles. The maximum Gasteiger partial charge on any atom is 0.459 e. The zero-order valence-electron chi connectivity index (χ0n) is 23.6. The van der Waals surface area contributed by atoms with Gasteiger partial charge in [0.25, 0.3) is 5.85 Å². The zero-order valence-corrected chi connectivity index (χ0v) is 24.5. The van der Waals surface area contributed by atoms with Gasteiger partial charge in [-0.3, -0.25) is 13.9 Å². The Morgan fingerprint density at radius 1 is 1.26 bits per heavy atom. The monoisotopic (exact) mass is 614 g/mol. The lowest BCUT2D eigenvalue weighted by atomic mass is 9.97. The minimum atomic E-state index is -4.57. The fourth-order valence-corrected chi connectivity index (χ4v) is 5.78. The normalized spacial score (nSPS) is 26.3. The van der Waals surface area contributed by atoms with Gasteiger partial charge in [-0.05, 0) is 39.8 Å². The van der Waals surface area contributed by atoms with Crippen molar-refractivity contribution in [1.29, 1.82) is 0 Å². The van der Waals surface area contributed by atoms with Crippen molar-refractivity contribution in [3.8, 4) is 5.75 Å². The van der Waals surface area contributed by atoms with Gasteiger partial charge in [0.1, 0.15) is 23.9 Å². The largest absolute Gasteiger partial charge is 0.462 e. The number of nitrogen functional groups attached to an aromatic ring is 1. The van der Waals surface area contributed by atoms with Gasteiger partial charge in [-0.1, -0.05) is 18.2 Å². The number of halogens is 2. The number of carbonyl (C=O) groups excluding carboxylic acids is 1. The molecule has 1 aliphatic heterocycles. The van der Waals surface area contributed by atoms with Crippen molar-refractivity contribution in [2.24, 2.45) is 0 Å². The number of imidazole rings is 1. The van der Waals surface area contributed by atoms with Gasteiger partial charge in [-0.15, -0.1) is 0 Å². The molecule has 17 heteroatoms. The Balaban J connectivity index is 1.61. The van der Waals surface area contributed by atoms with Crippen LogP contribution in [-0.2, 0) is 34.7 Å². The van der Waals surface area contributed by atoms with Gasteiger partial charge >= 0.3 is 13.7 Å². The molecule has 6 atom stereocenters. The van der Waals surface area contributed by atoms with E-state index in [1.807, 2.05) is 0 Å². The lowest BCUT2D eigenvalue weighted by Gasteiger charge is -2.28. The number of benzene rings is 1. The quantitative estimate of drug-likeness (QED) is 0.200. The average molecular weight is 615 g/mol. The topological polar surface area (TPSA) is 182 Å². The Labute approximate surface area is 240 Å². The minimum absolute atomic E-state index is 0.00182. The van der Waals surface area contributed by atoms with Crippen molar-refractivity contribution >= 4 is 30.8 Å². The van der Waals surface area contributed by atoms with Crippen LogP contribution in [0.5, 0.6) is 5.75 Å². The third-order valence-electron chi connectivity index (χ3n) is 6.24. The first kappa shape index (κ1) is 31.7. The van der Waals surface area contributed by atoms with Gasteiger partial charge in [0.2, 0.25) is 5.95 Å². The fraction of sp³-hybridized carbons (Fsp3) is 0.520. The molecule has 0 saturated carbocycles. The summed E-state index contributed by atoms with van der Waals surface area (Å²) in [5.74, 6) is -4.16. The number of rotatable bonds is 12. The highest BCUT2D eigenvalue weighted by atomic mass is 31.2. The Bertz CT molecular complexity index is 1460. The maximum atomic E-state index is 16.2. The predicted molar refractivity (Wildman–Crippen MR) is 144 cm³/mol. The van der Waals surface area contributed by atoms with E-state index in [1.165, 1.54) is 26.2 Å². The fourth-order valence-electron chi connectivity index (χ4n) is 4.27. The molecule has 0 bridgehead atoms. The summed E-state index contributed by atoms with van der Waals surface area (Å²) < 4.78 is 73.5. The second-order valence-electron chi connectivity index (χ2n) is 10.1. The molecule has 14 nitrogen and oxygen atoms in total. The maximum absolute atomic E-state index is 16.2. The number of para-hydroxylation sites is 1. The van der Waals surface area contributed by atoms with E-state index in [0.717, 1.165) is 17.8 Å². The summed E-state index contributed by atoms with van der Waals surface area (Å²) in [7, 11) is -3.15. The summed E-state index contributed by atoms with van der Waals surface area (Å²) in [5.41, 5.74) is 3.50. The average Bonchev–Trinajstić information content (AvgIpc) is 3.40. The van der Waals surface area contributed by atoms with Crippen LogP contribution in [0.1, 0.15) is 39.6 Å². The van der Waals surface area contributed by atoms with Crippen LogP contribution in [0.15, 0.2) is 36.7 Å². The van der Waals surface area contributed by atoms with Crippen molar-refractivity contribution in [2.45, 2.75) is 70.3 Å². The number of alkyl halides is 2. The molecule has 0 amide bonds. The van der Waals surface area contributed by atoms with Gasteiger partial charge < -0.3 is 29.6 Å². The van der Waals surface area contributed by atoms with Crippen LogP contribution in [0.25, 0.3) is 11.2 Å². The molecule has 1 aromatic carbocycles. The van der Waals surface area contributed by atoms with Crippen LogP contribution in [-0.4, -0.2) is 74.1 Å². The standard InChI is InChI=1S/C25H33F2N6O8P/c1-14(2)39-20(34)15(3)32-42(36,41-16-9-7-6-8-10-16)38-12-25(27)21(35)24(4,26)22(40-25)33-13-29-18-17(11-37-5)30-23(28)31-19(18)33/h6-10,13-15,21-22,35H,11-12H2,1-5H3,(H,32,36)(H2,28,30,31)/t15?,21-,22+,24+,25+,42+/m0/s1. The number of nitrogens with zero attached hydrogens (tertiary/aromatic N) is 4. The van der Waals surface area contributed by atoms with E-state index in [-0.39, 0.29) is 29.5 Å².